The molecule has 2 aromatic carbocycles. The monoisotopic (exact) mass is 535 g/mol. The average Bonchev–Trinajstić information content (AvgIpc) is 3.23. The third-order valence-corrected chi connectivity index (χ3v) is 8.04. The summed E-state index contributed by atoms with van der Waals surface area (Å²) in [5, 5.41) is 31.1. The highest BCUT2D eigenvalue weighted by molar-refractivity contribution is 7.22. The molecule has 1 aliphatic carbocycles. The lowest BCUT2D eigenvalue weighted by Gasteiger charge is -2.31. The summed E-state index contributed by atoms with van der Waals surface area (Å²) in [4.78, 5) is 37.9. The fourth-order valence-corrected chi connectivity index (χ4v) is 6.41. The third kappa shape index (κ3) is 6.41. The molecule has 3 unspecified atom stereocenters. The van der Waals surface area contributed by atoms with Crippen LogP contribution in [0.2, 0.25) is 0 Å². The van der Waals surface area contributed by atoms with Crippen molar-refractivity contribution in [2.24, 2.45) is 23.5 Å². The zero-order valence-electron chi connectivity index (χ0n) is 20.3. The van der Waals surface area contributed by atoms with E-state index < -0.39 is 36.6 Å². The number of phenols is 1. The number of aliphatic hydroxyl groups is 2. The van der Waals surface area contributed by atoms with Crippen molar-refractivity contribution in [1.29, 1.82) is 0 Å². The minimum atomic E-state index is -0.836. The Morgan fingerprint density at radius 2 is 1.84 bits per heavy atom. The van der Waals surface area contributed by atoms with Gasteiger partial charge in [-0.15, -0.1) is 11.3 Å². The Balaban J connectivity index is 0.00000361. The molecule has 0 saturated heterocycles. The lowest BCUT2D eigenvalue weighted by Crippen LogP contribution is -2.33. The van der Waals surface area contributed by atoms with E-state index in [9.17, 15) is 29.7 Å². The number of ketones is 2. The van der Waals surface area contributed by atoms with Crippen LogP contribution in [0.25, 0.3) is 20.5 Å². The minimum Gasteiger partial charge on any atom is -0.507 e. The summed E-state index contributed by atoms with van der Waals surface area (Å²) in [7, 11) is 0. The van der Waals surface area contributed by atoms with E-state index in [1.807, 2.05) is 30.3 Å². The molecule has 1 aliphatic rings. The topological polar surface area (TPSA) is 201 Å². The largest absolute Gasteiger partial charge is 0.507 e. The van der Waals surface area contributed by atoms with E-state index in [2.05, 4.69) is 6.07 Å². The number of thiophene rings is 1. The molecule has 204 valence electrons. The van der Waals surface area contributed by atoms with E-state index in [1.165, 1.54) is 0 Å². The van der Waals surface area contributed by atoms with Crippen molar-refractivity contribution in [3.8, 4) is 16.2 Å². The number of carbonyl (C=O) groups is 3. The lowest BCUT2D eigenvalue weighted by molar-refractivity contribution is -0.131. The van der Waals surface area contributed by atoms with Gasteiger partial charge in [0.15, 0.2) is 5.78 Å². The smallest absolute Gasteiger partial charge is 0.224 e. The zero-order chi connectivity index (χ0) is 25.1. The van der Waals surface area contributed by atoms with Gasteiger partial charge in [-0.25, -0.2) is 0 Å². The molecule has 3 atom stereocenters. The van der Waals surface area contributed by atoms with Crippen LogP contribution in [-0.4, -0.2) is 57.0 Å². The van der Waals surface area contributed by atoms with E-state index >= 15 is 0 Å². The molecule has 37 heavy (non-hydrogen) atoms. The highest BCUT2D eigenvalue weighted by atomic mass is 32.1. The normalized spacial score (nSPS) is 16.3. The van der Waals surface area contributed by atoms with Gasteiger partial charge in [-0.05, 0) is 71.9 Å². The number of benzene rings is 2. The Kier molecular flexibility index (Phi) is 10.5. The van der Waals surface area contributed by atoms with Gasteiger partial charge in [-0.3, -0.25) is 14.4 Å². The van der Waals surface area contributed by atoms with Gasteiger partial charge in [0.1, 0.15) is 11.5 Å². The molecule has 4 rings (SSSR count). The van der Waals surface area contributed by atoms with E-state index in [-0.39, 0.29) is 50.7 Å². The number of hydrogen-bond acceptors (Lipinski definition) is 7. The number of aliphatic hydroxyl groups excluding tert-OH is 2. The number of phenolic OH excluding ortho intramolecular Hbond substituents is 1. The number of rotatable bonds is 10. The molecular formula is C27H37NO8S. The summed E-state index contributed by atoms with van der Waals surface area (Å²) in [5.74, 6) is -2.80. The van der Waals surface area contributed by atoms with Crippen LogP contribution in [-0.2, 0) is 16.0 Å². The molecule has 0 bridgehead atoms. The number of fused-ring (bicyclic) bond motifs is 2. The molecule has 1 heterocycles. The second kappa shape index (κ2) is 12.9. The molecular weight excluding hydrogens is 498 g/mol. The van der Waals surface area contributed by atoms with Crippen molar-refractivity contribution in [3.63, 3.8) is 0 Å². The standard InChI is InChI=1S/C27H29NO6S.2H2O.2H2/c28-26(34)13-22(32)20(14-30)16(7-8-29)9-15-10-19-18(5-6-21(31)27(19)23(33)11-15)25-12-17-3-1-2-4-24(17)35-25;;;;/h1-6,12,15-16,20,29-31H,7-11,13-14H2,(H2,28,34);2*1H2;2*1H. The fourth-order valence-electron chi connectivity index (χ4n) is 5.29. The van der Waals surface area contributed by atoms with Gasteiger partial charge in [-0.1, -0.05) is 18.2 Å². The summed E-state index contributed by atoms with van der Waals surface area (Å²) in [6, 6.07) is 13.5. The average molecular weight is 536 g/mol. The second-order valence-corrected chi connectivity index (χ2v) is 10.3. The van der Waals surface area contributed by atoms with Crippen LogP contribution < -0.4 is 5.73 Å². The van der Waals surface area contributed by atoms with Crippen LogP contribution in [0.15, 0.2) is 42.5 Å². The Bertz CT molecular complexity index is 1250. The van der Waals surface area contributed by atoms with Gasteiger partial charge in [0.05, 0.1) is 18.6 Å². The first kappa shape index (κ1) is 30.1. The molecule has 3 aromatic rings. The van der Waals surface area contributed by atoms with Gasteiger partial charge in [0, 0.05) is 31.4 Å². The van der Waals surface area contributed by atoms with Crippen molar-refractivity contribution in [2.45, 2.75) is 32.1 Å². The molecule has 1 aromatic heterocycles. The Labute approximate surface area is 221 Å². The van der Waals surface area contributed by atoms with Crippen molar-refractivity contribution in [1.82, 2.24) is 0 Å². The Morgan fingerprint density at radius 1 is 1.11 bits per heavy atom. The van der Waals surface area contributed by atoms with E-state index in [4.69, 9.17) is 5.73 Å². The van der Waals surface area contributed by atoms with Crippen molar-refractivity contribution in [2.75, 3.05) is 13.2 Å². The van der Waals surface area contributed by atoms with Crippen LogP contribution in [0, 0.1) is 17.8 Å². The van der Waals surface area contributed by atoms with Crippen LogP contribution in [0.1, 0.15) is 44.5 Å². The highest BCUT2D eigenvalue weighted by Gasteiger charge is 2.35. The molecule has 0 saturated carbocycles. The predicted molar refractivity (Wildman–Crippen MR) is 146 cm³/mol. The number of Topliss-reactive ketones (excluding diaryl/α,β-unsaturated/α-hetero) is 2. The lowest BCUT2D eigenvalue weighted by atomic mass is 9.73. The number of primary amides is 1. The molecule has 10 heteroatoms. The first-order valence-electron chi connectivity index (χ1n) is 11.7. The molecule has 0 radical (unpaired) electrons. The van der Waals surface area contributed by atoms with Crippen LogP contribution in [0.4, 0.5) is 0 Å². The van der Waals surface area contributed by atoms with Crippen LogP contribution in [0.3, 0.4) is 0 Å². The van der Waals surface area contributed by atoms with Crippen molar-refractivity contribution in [3.05, 3.63) is 53.6 Å². The van der Waals surface area contributed by atoms with E-state index in [0.29, 0.717) is 18.4 Å². The SMILES string of the molecule is NC(=O)CC(=O)C(CO)C(CCO)CC1CC(=O)c2c(O)ccc(-c3cc4ccccc4s3)c2C1.O.O.[HH].[HH]. The minimum absolute atomic E-state index is 0. The molecule has 0 aliphatic heterocycles. The zero-order valence-corrected chi connectivity index (χ0v) is 21.1. The van der Waals surface area contributed by atoms with E-state index in [1.54, 1.807) is 17.4 Å². The van der Waals surface area contributed by atoms with E-state index in [0.717, 1.165) is 26.1 Å². The molecule has 9 N–H and O–H groups in total. The quantitative estimate of drug-likeness (QED) is 0.287. The number of aromatic hydroxyl groups is 1. The number of nitrogens with two attached hydrogens (primary N) is 1. The Hall–Kier alpha value is -3.15. The van der Waals surface area contributed by atoms with Crippen LogP contribution in [0.5, 0.6) is 5.75 Å². The number of hydrogen-bond donors (Lipinski definition) is 4. The van der Waals surface area contributed by atoms with Gasteiger partial charge < -0.3 is 32.0 Å². The Morgan fingerprint density at radius 3 is 2.49 bits per heavy atom. The van der Waals surface area contributed by atoms with Gasteiger partial charge >= 0.3 is 0 Å². The maximum Gasteiger partial charge on any atom is 0.224 e. The highest BCUT2D eigenvalue weighted by Crippen LogP contribution is 2.43. The maximum atomic E-state index is 13.1. The second-order valence-electron chi connectivity index (χ2n) is 9.24. The molecule has 0 spiro atoms. The number of amides is 1. The van der Waals surface area contributed by atoms with Gasteiger partial charge in [0.25, 0.3) is 0 Å². The first-order valence-corrected chi connectivity index (χ1v) is 12.5. The third-order valence-electron chi connectivity index (χ3n) is 6.89. The molecule has 0 fully saturated rings. The van der Waals surface area contributed by atoms with Gasteiger partial charge in [0.2, 0.25) is 5.91 Å². The summed E-state index contributed by atoms with van der Waals surface area (Å²) in [5.41, 5.74) is 7.20. The maximum absolute atomic E-state index is 13.1. The fraction of sp³-hybridized carbons (Fsp3) is 0.370. The van der Waals surface area contributed by atoms with Gasteiger partial charge in [-0.2, -0.15) is 0 Å². The summed E-state index contributed by atoms with van der Waals surface area (Å²) in [6.07, 6.45) is 0.923. The first-order chi connectivity index (χ1) is 16.8. The van der Waals surface area contributed by atoms with Crippen molar-refractivity contribution < 1.29 is 43.5 Å². The number of carbonyl (C=O) groups excluding carboxylic acids is 3. The van der Waals surface area contributed by atoms with Crippen molar-refractivity contribution >= 4 is 38.9 Å². The predicted octanol–water partition coefficient (Wildman–Crippen LogP) is 2.30. The molecule has 9 nitrogen and oxygen atoms in total. The summed E-state index contributed by atoms with van der Waals surface area (Å²) in [6.45, 7) is -0.641. The molecule has 1 amide bonds. The summed E-state index contributed by atoms with van der Waals surface area (Å²) < 4.78 is 1.13. The summed E-state index contributed by atoms with van der Waals surface area (Å²) >= 11 is 1.62. The van der Waals surface area contributed by atoms with Crippen LogP contribution >= 0.6 is 11.3 Å².